The topological polar surface area (TPSA) is 128 Å². The minimum Gasteiger partial charge on any atom is -0.494 e. The highest BCUT2D eigenvalue weighted by Crippen LogP contribution is 2.17. The van der Waals surface area contributed by atoms with Gasteiger partial charge in [0.05, 0.1) is 16.4 Å². The molecule has 0 aliphatic heterocycles. The minimum absolute atomic E-state index is 0.0206. The fraction of sp³-hybridized carbons (Fsp3) is 0.350. The molecule has 2 N–H and O–H groups in total. The third-order valence-electron chi connectivity index (χ3n) is 4.13. The van der Waals surface area contributed by atoms with Crippen LogP contribution in [0, 0.1) is 17.0 Å². The molecule has 30 heavy (non-hydrogen) atoms. The molecular weight excluding hydrogens is 410 g/mol. The van der Waals surface area contributed by atoms with Crippen molar-refractivity contribution in [1.29, 1.82) is 0 Å². The summed E-state index contributed by atoms with van der Waals surface area (Å²) in [7, 11) is -3.89. The molecule has 1 amide bonds. The second-order valence-electron chi connectivity index (χ2n) is 6.62. The van der Waals surface area contributed by atoms with E-state index in [4.69, 9.17) is 4.74 Å². The third kappa shape index (κ3) is 7.80. The van der Waals surface area contributed by atoms with Gasteiger partial charge in [-0.1, -0.05) is 18.2 Å². The first-order chi connectivity index (χ1) is 14.3. The van der Waals surface area contributed by atoms with Gasteiger partial charge in [0, 0.05) is 31.6 Å². The molecule has 0 heterocycles. The molecular formula is C20H25N3O6S. The number of hydrogen-bond acceptors (Lipinski definition) is 6. The first-order valence-electron chi connectivity index (χ1n) is 9.48. The summed E-state index contributed by atoms with van der Waals surface area (Å²) in [6, 6.07) is 12.5. The Labute approximate surface area is 175 Å². The smallest absolute Gasteiger partial charge is 0.270 e. The van der Waals surface area contributed by atoms with Crippen molar-refractivity contribution in [3.63, 3.8) is 0 Å². The number of unbranched alkanes of at least 4 members (excludes halogenated alkanes) is 1. The molecule has 2 rings (SSSR count). The molecule has 2 aromatic rings. The summed E-state index contributed by atoms with van der Waals surface area (Å²) in [5, 5.41) is 13.4. The van der Waals surface area contributed by atoms with E-state index in [9.17, 15) is 23.3 Å². The molecule has 10 heteroatoms. The summed E-state index contributed by atoms with van der Waals surface area (Å²) >= 11 is 0. The monoisotopic (exact) mass is 435 g/mol. The summed E-state index contributed by atoms with van der Waals surface area (Å²) in [4.78, 5) is 21.7. The fourth-order valence-electron chi connectivity index (χ4n) is 2.61. The van der Waals surface area contributed by atoms with Crippen molar-refractivity contribution in [3.8, 4) is 5.75 Å². The lowest BCUT2D eigenvalue weighted by atomic mass is 10.2. The molecule has 0 saturated heterocycles. The number of nitro groups is 1. The highest BCUT2D eigenvalue weighted by Gasteiger charge is 2.17. The van der Waals surface area contributed by atoms with Gasteiger partial charge in [-0.05, 0) is 43.5 Å². The molecule has 0 radical (unpaired) electrons. The van der Waals surface area contributed by atoms with Gasteiger partial charge >= 0.3 is 0 Å². The Morgan fingerprint density at radius 3 is 2.60 bits per heavy atom. The zero-order chi connectivity index (χ0) is 22.0. The van der Waals surface area contributed by atoms with E-state index in [1.165, 1.54) is 18.2 Å². The summed E-state index contributed by atoms with van der Waals surface area (Å²) in [6.07, 6.45) is 1.69. The standard InChI is InChI=1S/C20H25N3O6S/c1-16-6-4-8-18(14-16)29-13-3-2-10-20(24)21-11-12-22-30(27,28)19-9-5-7-17(15-19)23(25)26/h4-9,14-15,22H,2-3,10-13H2,1H3,(H,21,24). The molecule has 0 unspecified atom stereocenters. The van der Waals surface area contributed by atoms with Crippen LogP contribution >= 0.6 is 0 Å². The number of benzene rings is 2. The van der Waals surface area contributed by atoms with Crippen LogP contribution < -0.4 is 14.8 Å². The lowest BCUT2D eigenvalue weighted by molar-refractivity contribution is -0.385. The molecule has 0 fully saturated rings. The number of aryl methyl sites for hydroxylation is 1. The molecule has 0 saturated carbocycles. The minimum atomic E-state index is -3.89. The van der Waals surface area contributed by atoms with E-state index in [2.05, 4.69) is 10.0 Å². The number of sulfonamides is 1. The first-order valence-corrected chi connectivity index (χ1v) is 11.0. The van der Waals surface area contributed by atoms with Gasteiger partial charge < -0.3 is 10.1 Å². The number of hydrogen-bond donors (Lipinski definition) is 2. The Bertz CT molecular complexity index is 978. The van der Waals surface area contributed by atoms with Gasteiger partial charge in [0.2, 0.25) is 15.9 Å². The number of nitrogens with zero attached hydrogens (tertiary/aromatic N) is 1. The zero-order valence-corrected chi connectivity index (χ0v) is 17.5. The fourth-order valence-corrected chi connectivity index (χ4v) is 3.68. The Kier molecular flexibility index (Phi) is 8.75. The van der Waals surface area contributed by atoms with Gasteiger partial charge in [-0.25, -0.2) is 13.1 Å². The van der Waals surface area contributed by atoms with Crippen molar-refractivity contribution in [3.05, 3.63) is 64.2 Å². The van der Waals surface area contributed by atoms with Gasteiger partial charge in [0.1, 0.15) is 5.75 Å². The maximum absolute atomic E-state index is 12.2. The number of nitro benzene ring substituents is 1. The Morgan fingerprint density at radius 1 is 1.10 bits per heavy atom. The summed E-state index contributed by atoms with van der Waals surface area (Å²) < 4.78 is 32.3. The van der Waals surface area contributed by atoms with Crippen molar-refractivity contribution >= 4 is 21.6 Å². The largest absolute Gasteiger partial charge is 0.494 e. The SMILES string of the molecule is Cc1cccc(OCCCCC(=O)NCCNS(=O)(=O)c2cccc([N+](=O)[O-])c2)c1. The van der Waals surface area contributed by atoms with Crippen LogP contribution in [-0.4, -0.2) is 38.9 Å². The second kappa shape index (κ2) is 11.3. The predicted octanol–water partition coefficient (Wildman–Crippen LogP) is 2.55. The van der Waals surface area contributed by atoms with Gasteiger partial charge in [0.15, 0.2) is 0 Å². The van der Waals surface area contributed by atoms with E-state index in [1.54, 1.807) is 0 Å². The number of carbonyl (C=O) groups is 1. The molecule has 0 aliphatic rings. The maximum Gasteiger partial charge on any atom is 0.270 e. The van der Waals surface area contributed by atoms with E-state index in [1.807, 2.05) is 31.2 Å². The third-order valence-corrected chi connectivity index (χ3v) is 5.59. The lowest BCUT2D eigenvalue weighted by Crippen LogP contribution is -2.34. The van der Waals surface area contributed by atoms with Crippen LogP contribution in [0.25, 0.3) is 0 Å². The zero-order valence-electron chi connectivity index (χ0n) is 16.7. The molecule has 0 bridgehead atoms. The van der Waals surface area contributed by atoms with Gasteiger partial charge in [-0.2, -0.15) is 0 Å². The van der Waals surface area contributed by atoms with Crippen molar-refractivity contribution in [2.24, 2.45) is 0 Å². The average molecular weight is 436 g/mol. The van der Waals surface area contributed by atoms with Crippen molar-refractivity contribution < 1.29 is 22.9 Å². The van der Waals surface area contributed by atoms with E-state index in [-0.39, 0.29) is 29.6 Å². The van der Waals surface area contributed by atoms with Crippen LogP contribution in [0.15, 0.2) is 53.4 Å². The van der Waals surface area contributed by atoms with E-state index >= 15 is 0 Å². The van der Waals surface area contributed by atoms with Gasteiger partial charge in [-0.3, -0.25) is 14.9 Å². The number of nitrogens with one attached hydrogen (secondary N) is 2. The predicted molar refractivity (Wildman–Crippen MR) is 112 cm³/mol. The van der Waals surface area contributed by atoms with Gasteiger partial charge in [-0.15, -0.1) is 0 Å². The highest BCUT2D eigenvalue weighted by molar-refractivity contribution is 7.89. The van der Waals surface area contributed by atoms with Crippen LogP contribution in [0.4, 0.5) is 5.69 Å². The van der Waals surface area contributed by atoms with Gasteiger partial charge in [0.25, 0.3) is 5.69 Å². The van der Waals surface area contributed by atoms with Crippen LogP contribution in [0.3, 0.4) is 0 Å². The number of amides is 1. The molecule has 162 valence electrons. The Balaban J connectivity index is 1.62. The molecule has 2 aromatic carbocycles. The maximum atomic E-state index is 12.2. The van der Waals surface area contributed by atoms with Crippen LogP contribution in [-0.2, 0) is 14.8 Å². The normalized spacial score (nSPS) is 11.1. The summed E-state index contributed by atoms with van der Waals surface area (Å²) in [5.74, 6) is 0.621. The molecule has 0 aliphatic carbocycles. The molecule has 0 atom stereocenters. The Hall–Kier alpha value is -2.98. The van der Waals surface area contributed by atoms with E-state index in [0.717, 1.165) is 23.8 Å². The second-order valence-corrected chi connectivity index (χ2v) is 8.39. The van der Waals surface area contributed by atoms with Crippen molar-refractivity contribution in [1.82, 2.24) is 10.0 Å². The highest BCUT2D eigenvalue weighted by atomic mass is 32.2. The summed E-state index contributed by atoms with van der Waals surface area (Å²) in [6.45, 7) is 2.60. The average Bonchev–Trinajstić information content (AvgIpc) is 2.71. The number of ether oxygens (including phenoxy) is 1. The molecule has 0 spiro atoms. The Morgan fingerprint density at radius 2 is 1.87 bits per heavy atom. The van der Waals surface area contributed by atoms with E-state index in [0.29, 0.717) is 19.4 Å². The number of carbonyl (C=O) groups excluding carboxylic acids is 1. The number of rotatable bonds is 12. The van der Waals surface area contributed by atoms with Crippen LogP contribution in [0.1, 0.15) is 24.8 Å². The van der Waals surface area contributed by atoms with Crippen LogP contribution in [0.2, 0.25) is 0 Å². The quantitative estimate of drug-likeness (QED) is 0.300. The van der Waals surface area contributed by atoms with E-state index < -0.39 is 14.9 Å². The summed E-state index contributed by atoms with van der Waals surface area (Å²) in [5.41, 5.74) is 0.811. The molecule has 0 aromatic heterocycles. The van der Waals surface area contributed by atoms with Crippen LogP contribution in [0.5, 0.6) is 5.75 Å². The first kappa shape index (κ1) is 23.3. The molecule has 9 nitrogen and oxygen atoms in total. The lowest BCUT2D eigenvalue weighted by Gasteiger charge is -2.09. The number of non-ortho nitro benzene ring substituents is 1. The van der Waals surface area contributed by atoms with Crippen molar-refractivity contribution in [2.45, 2.75) is 31.1 Å². The van der Waals surface area contributed by atoms with Crippen molar-refractivity contribution in [2.75, 3.05) is 19.7 Å².